The average molecular weight is 401 g/mol. The zero-order valence-electron chi connectivity index (χ0n) is 15.4. The Morgan fingerprint density at radius 2 is 1.61 bits per heavy atom. The van der Waals surface area contributed by atoms with Gasteiger partial charge in [-0.2, -0.15) is 0 Å². The molecule has 2 aromatic rings. The van der Waals surface area contributed by atoms with Gasteiger partial charge in [-0.25, -0.2) is 0 Å². The standard InChI is InChI=1S/C21H17ClO6/c1-9-4-6-12(7-5-9)18(25)13-8-28-21-15(13)19(26)20(27)17(22)16(21)14(10(2)23)11(3)24/h4-8,14,18,25H,1-3H3. The maximum atomic E-state index is 12.6. The molecule has 3 rings (SSSR count). The number of aliphatic hydroxyl groups is 1. The summed E-state index contributed by atoms with van der Waals surface area (Å²) in [6, 6.07) is 6.96. The lowest BCUT2D eigenvalue weighted by Crippen LogP contribution is -2.29. The van der Waals surface area contributed by atoms with Crippen molar-refractivity contribution in [1.82, 2.24) is 0 Å². The summed E-state index contributed by atoms with van der Waals surface area (Å²) < 4.78 is 5.46. The van der Waals surface area contributed by atoms with Gasteiger partial charge in [0.05, 0.1) is 11.8 Å². The first-order valence-corrected chi connectivity index (χ1v) is 8.88. The summed E-state index contributed by atoms with van der Waals surface area (Å²) in [6.45, 7) is 4.27. The molecular weight excluding hydrogens is 384 g/mol. The third-order valence-corrected chi connectivity index (χ3v) is 5.10. The minimum atomic E-state index is -1.33. The van der Waals surface area contributed by atoms with Gasteiger partial charge in [-0.1, -0.05) is 41.4 Å². The molecule has 0 aliphatic heterocycles. The third kappa shape index (κ3) is 3.15. The van der Waals surface area contributed by atoms with Gasteiger partial charge in [0.2, 0.25) is 11.6 Å². The van der Waals surface area contributed by atoms with Crippen molar-refractivity contribution >= 4 is 40.3 Å². The smallest absolute Gasteiger partial charge is 0.245 e. The number of benzene rings is 1. The van der Waals surface area contributed by atoms with Crippen LogP contribution in [0.15, 0.2) is 40.0 Å². The van der Waals surface area contributed by atoms with Gasteiger partial charge < -0.3 is 9.52 Å². The molecule has 0 saturated carbocycles. The summed E-state index contributed by atoms with van der Waals surface area (Å²) >= 11 is 6.04. The van der Waals surface area contributed by atoms with Crippen molar-refractivity contribution in [3.63, 3.8) is 0 Å². The molecule has 7 heteroatoms. The van der Waals surface area contributed by atoms with E-state index in [2.05, 4.69) is 0 Å². The van der Waals surface area contributed by atoms with Crippen molar-refractivity contribution < 1.29 is 28.7 Å². The van der Waals surface area contributed by atoms with E-state index in [1.54, 1.807) is 24.3 Å². The zero-order chi connectivity index (χ0) is 20.7. The molecule has 1 heterocycles. The van der Waals surface area contributed by atoms with Gasteiger partial charge in [0.15, 0.2) is 0 Å². The maximum absolute atomic E-state index is 12.6. The van der Waals surface area contributed by atoms with Crippen LogP contribution in [-0.2, 0) is 14.4 Å². The second kappa shape index (κ2) is 7.30. The van der Waals surface area contributed by atoms with E-state index in [-0.39, 0.29) is 22.5 Å². The van der Waals surface area contributed by atoms with Gasteiger partial charge in [-0.3, -0.25) is 19.2 Å². The van der Waals surface area contributed by atoms with E-state index in [1.165, 1.54) is 13.8 Å². The molecule has 0 saturated heterocycles. The normalized spacial score (nSPS) is 15.1. The number of fused-ring (bicyclic) bond motifs is 1. The topological polar surface area (TPSA) is 102 Å². The first-order valence-electron chi connectivity index (χ1n) is 8.51. The number of furan rings is 1. The van der Waals surface area contributed by atoms with Crippen LogP contribution >= 0.6 is 11.6 Å². The summed E-state index contributed by atoms with van der Waals surface area (Å²) in [5, 5.41) is 10.2. The molecule has 1 unspecified atom stereocenters. The number of hydrogen-bond acceptors (Lipinski definition) is 6. The van der Waals surface area contributed by atoms with E-state index < -0.39 is 40.2 Å². The molecule has 1 aliphatic rings. The summed E-state index contributed by atoms with van der Waals surface area (Å²) in [5.41, 5.74) is 1.24. The Bertz CT molecular complexity index is 1030. The first kappa shape index (κ1) is 19.9. The second-order valence-electron chi connectivity index (χ2n) is 6.75. The van der Waals surface area contributed by atoms with Crippen LogP contribution in [0.2, 0.25) is 0 Å². The number of rotatable bonds is 5. The molecule has 144 valence electrons. The number of aryl methyl sites for hydroxylation is 1. The fourth-order valence-corrected chi connectivity index (χ4v) is 3.60. The monoisotopic (exact) mass is 400 g/mol. The first-order chi connectivity index (χ1) is 13.1. The van der Waals surface area contributed by atoms with E-state index in [0.29, 0.717) is 5.56 Å². The van der Waals surface area contributed by atoms with Gasteiger partial charge in [0.25, 0.3) is 0 Å². The van der Waals surface area contributed by atoms with Crippen molar-refractivity contribution in [1.29, 1.82) is 0 Å². The minimum Gasteiger partial charge on any atom is -0.463 e. The molecule has 1 aromatic carbocycles. The van der Waals surface area contributed by atoms with Crippen molar-refractivity contribution in [3.8, 4) is 0 Å². The van der Waals surface area contributed by atoms with E-state index >= 15 is 0 Å². The van der Waals surface area contributed by atoms with E-state index in [4.69, 9.17) is 16.0 Å². The van der Waals surface area contributed by atoms with Gasteiger partial charge >= 0.3 is 0 Å². The quantitative estimate of drug-likeness (QED) is 0.611. The molecule has 6 nitrogen and oxygen atoms in total. The van der Waals surface area contributed by atoms with Gasteiger partial charge in [0.1, 0.15) is 34.4 Å². The summed E-state index contributed by atoms with van der Waals surface area (Å²) in [4.78, 5) is 49.1. The molecule has 28 heavy (non-hydrogen) atoms. The Balaban J connectivity index is 2.20. The van der Waals surface area contributed by atoms with E-state index in [1.807, 2.05) is 6.92 Å². The molecule has 1 N–H and O–H groups in total. The highest BCUT2D eigenvalue weighted by atomic mass is 35.5. The molecule has 0 bridgehead atoms. The summed E-state index contributed by atoms with van der Waals surface area (Å²) in [5.74, 6) is -4.54. The largest absolute Gasteiger partial charge is 0.463 e. The molecule has 1 atom stereocenters. The van der Waals surface area contributed by atoms with Crippen molar-refractivity contribution in [3.05, 3.63) is 63.6 Å². The lowest BCUT2D eigenvalue weighted by atomic mass is 9.81. The number of aliphatic hydroxyl groups excluding tert-OH is 1. The Morgan fingerprint density at radius 3 is 2.14 bits per heavy atom. The Hall–Kier alpha value is -2.83. The predicted octanol–water partition coefficient (Wildman–Crippen LogP) is 3.18. The fraction of sp³-hybridized carbons (Fsp3) is 0.238. The van der Waals surface area contributed by atoms with Crippen LogP contribution in [0.3, 0.4) is 0 Å². The highest BCUT2D eigenvalue weighted by Crippen LogP contribution is 2.42. The third-order valence-electron chi connectivity index (χ3n) is 4.72. The van der Waals surface area contributed by atoms with Gasteiger partial charge in [-0.15, -0.1) is 0 Å². The van der Waals surface area contributed by atoms with Crippen LogP contribution in [-0.4, -0.2) is 28.2 Å². The number of ketones is 4. The summed E-state index contributed by atoms with van der Waals surface area (Å²) in [6.07, 6.45) is -0.0937. The van der Waals surface area contributed by atoms with Gasteiger partial charge in [-0.05, 0) is 26.3 Å². The average Bonchev–Trinajstić information content (AvgIpc) is 3.07. The molecule has 0 fully saturated rings. The minimum absolute atomic E-state index is 0.0738. The molecule has 1 aromatic heterocycles. The van der Waals surface area contributed by atoms with Crippen molar-refractivity contribution in [2.75, 3.05) is 0 Å². The lowest BCUT2D eigenvalue weighted by Gasteiger charge is -2.20. The number of hydrogen-bond donors (Lipinski definition) is 1. The Labute approximate surface area is 165 Å². The molecule has 0 spiro atoms. The number of halogens is 1. The number of Topliss-reactive ketones (excluding diaryl/α,β-unsaturated/α-hetero) is 4. The molecule has 0 amide bonds. The van der Waals surface area contributed by atoms with E-state index in [0.717, 1.165) is 11.8 Å². The van der Waals surface area contributed by atoms with Crippen molar-refractivity contribution in [2.24, 2.45) is 5.92 Å². The number of carbonyl (C=O) groups is 4. The van der Waals surface area contributed by atoms with Crippen LogP contribution in [0.5, 0.6) is 0 Å². The highest BCUT2D eigenvalue weighted by molar-refractivity contribution is 6.64. The molecule has 1 aliphatic carbocycles. The van der Waals surface area contributed by atoms with Crippen LogP contribution in [0, 0.1) is 12.8 Å². The van der Waals surface area contributed by atoms with Gasteiger partial charge in [0, 0.05) is 11.1 Å². The van der Waals surface area contributed by atoms with Crippen LogP contribution in [0.4, 0.5) is 0 Å². The SMILES string of the molecule is CC(=O)C(C(C)=O)C1=C(Cl)C(=O)C(=O)c2c(C(O)c3ccc(C)cc3)coc21. The van der Waals surface area contributed by atoms with E-state index in [9.17, 15) is 24.3 Å². The Morgan fingerprint density at radius 1 is 1.04 bits per heavy atom. The van der Waals surface area contributed by atoms with Crippen LogP contribution in [0.1, 0.15) is 52.8 Å². The predicted molar refractivity (Wildman–Crippen MR) is 101 cm³/mol. The van der Waals surface area contributed by atoms with Crippen molar-refractivity contribution in [2.45, 2.75) is 26.9 Å². The fourth-order valence-electron chi connectivity index (χ4n) is 3.32. The number of allylic oxidation sites excluding steroid dienone is 2. The molecular formula is C21H17ClO6. The second-order valence-corrected chi connectivity index (χ2v) is 7.13. The van der Waals surface area contributed by atoms with Crippen LogP contribution in [0.25, 0.3) is 5.57 Å². The summed E-state index contributed by atoms with van der Waals surface area (Å²) in [7, 11) is 0. The lowest BCUT2D eigenvalue weighted by molar-refractivity contribution is -0.127. The molecule has 0 radical (unpaired) electrons. The highest BCUT2D eigenvalue weighted by Gasteiger charge is 2.43. The van der Waals surface area contributed by atoms with Crippen LogP contribution < -0.4 is 0 Å². The zero-order valence-corrected chi connectivity index (χ0v) is 16.2. The Kier molecular flexibility index (Phi) is 5.19. The maximum Gasteiger partial charge on any atom is 0.245 e. The number of carbonyl (C=O) groups excluding carboxylic acids is 4.